The normalized spacial score (nSPS) is 16.7. The Morgan fingerprint density at radius 2 is 2.00 bits per heavy atom. The molecule has 2 rings (SSSR count). The molecule has 98 valence electrons. The highest BCUT2D eigenvalue weighted by Crippen LogP contribution is 2.27. The maximum atomic E-state index is 12.1. The second-order valence-corrected chi connectivity index (χ2v) is 5.16. The molecule has 1 fully saturated rings. The number of carboxylic acids is 1. The first-order valence-corrected chi connectivity index (χ1v) is 6.51. The predicted octanol–water partition coefficient (Wildman–Crippen LogP) is 2.88. The van der Waals surface area contributed by atoms with Crippen molar-refractivity contribution >= 4 is 11.8 Å². The molecule has 0 radical (unpaired) electrons. The summed E-state index contributed by atoms with van der Waals surface area (Å²) in [7, 11) is 1.65. The monoisotopic (exact) mass is 249 g/mol. The highest BCUT2D eigenvalue weighted by molar-refractivity contribution is 5.98. The van der Waals surface area contributed by atoms with Crippen molar-refractivity contribution in [3.8, 4) is 0 Å². The average Bonchev–Trinajstić information content (AvgIpc) is 2.73. The zero-order valence-corrected chi connectivity index (χ0v) is 10.7. The van der Waals surface area contributed by atoms with E-state index in [-0.39, 0.29) is 11.5 Å². The fraction of sp³-hybridized carbons (Fsp3) is 0.571. The summed E-state index contributed by atoms with van der Waals surface area (Å²) in [6.07, 6.45) is 8.14. The van der Waals surface area contributed by atoms with Crippen molar-refractivity contribution in [2.75, 3.05) is 0 Å². The van der Waals surface area contributed by atoms with Crippen LogP contribution in [0.25, 0.3) is 0 Å². The van der Waals surface area contributed by atoms with Gasteiger partial charge < -0.3 is 9.67 Å². The Bertz CT molecular complexity index is 456. The molecule has 1 heterocycles. The first-order chi connectivity index (χ1) is 8.58. The van der Waals surface area contributed by atoms with Gasteiger partial charge in [0, 0.05) is 25.2 Å². The van der Waals surface area contributed by atoms with Gasteiger partial charge in [-0.25, -0.2) is 4.79 Å². The number of carboxylic acid groups (broad SMARTS) is 1. The van der Waals surface area contributed by atoms with E-state index in [0.717, 1.165) is 12.8 Å². The van der Waals surface area contributed by atoms with Gasteiger partial charge in [-0.05, 0) is 12.0 Å². The van der Waals surface area contributed by atoms with Crippen LogP contribution in [0.1, 0.15) is 59.4 Å². The minimum Gasteiger partial charge on any atom is -0.477 e. The molecule has 1 aromatic rings. The highest BCUT2D eigenvalue weighted by Gasteiger charge is 2.20. The quantitative estimate of drug-likeness (QED) is 0.835. The van der Waals surface area contributed by atoms with Crippen molar-refractivity contribution in [3.05, 3.63) is 23.5 Å². The average molecular weight is 249 g/mol. The summed E-state index contributed by atoms with van der Waals surface area (Å²) in [5.74, 6) is -0.432. The molecule has 1 aromatic heterocycles. The molecular weight excluding hydrogens is 230 g/mol. The Balaban J connectivity index is 2.04. The van der Waals surface area contributed by atoms with Crippen LogP contribution in [0.4, 0.5) is 0 Å². The molecule has 4 heteroatoms. The van der Waals surface area contributed by atoms with Crippen LogP contribution in [0.3, 0.4) is 0 Å². The zero-order valence-electron chi connectivity index (χ0n) is 10.7. The first-order valence-electron chi connectivity index (χ1n) is 6.51. The van der Waals surface area contributed by atoms with E-state index in [2.05, 4.69) is 0 Å². The van der Waals surface area contributed by atoms with Crippen LogP contribution in [0.15, 0.2) is 12.3 Å². The first kappa shape index (κ1) is 12.9. The molecule has 1 aliphatic rings. The van der Waals surface area contributed by atoms with Gasteiger partial charge in [0.05, 0.1) is 0 Å². The lowest BCUT2D eigenvalue weighted by atomic mass is 9.85. The van der Waals surface area contributed by atoms with Gasteiger partial charge in [0.25, 0.3) is 0 Å². The van der Waals surface area contributed by atoms with Gasteiger partial charge in [0.2, 0.25) is 0 Å². The summed E-state index contributed by atoms with van der Waals surface area (Å²) in [5.41, 5.74) is 0.697. The van der Waals surface area contributed by atoms with Gasteiger partial charge in [-0.2, -0.15) is 0 Å². The number of hydrogen-bond acceptors (Lipinski definition) is 2. The van der Waals surface area contributed by atoms with E-state index < -0.39 is 5.97 Å². The third-order valence-electron chi connectivity index (χ3n) is 3.74. The minimum atomic E-state index is -0.991. The number of aryl methyl sites for hydroxylation is 1. The van der Waals surface area contributed by atoms with Crippen LogP contribution >= 0.6 is 0 Å². The predicted molar refractivity (Wildman–Crippen MR) is 67.9 cm³/mol. The number of nitrogens with zero attached hydrogens (tertiary/aromatic N) is 1. The van der Waals surface area contributed by atoms with E-state index in [1.54, 1.807) is 13.2 Å². The topological polar surface area (TPSA) is 59.3 Å². The van der Waals surface area contributed by atoms with Crippen molar-refractivity contribution in [3.63, 3.8) is 0 Å². The molecule has 4 nitrogen and oxygen atoms in total. The second kappa shape index (κ2) is 5.38. The molecule has 18 heavy (non-hydrogen) atoms. The number of ketones is 1. The summed E-state index contributed by atoms with van der Waals surface area (Å²) >= 11 is 0. The fourth-order valence-corrected chi connectivity index (χ4v) is 2.70. The number of aromatic nitrogens is 1. The van der Waals surface area contributed by atoms with Crippen LogP contribution in [-0.2, 0) is 7.05 Å². The highest BCUT2D eigenvalue weighted by atomic mass is 16.4. The zero-order chi connectivity index (χ0) is 13.1. The molecule has 1 N–H and O–H groups in total. The standard InChI is InChI=1S/C14H19NO3/c1-15-9-11(8-12(15)14(17)18)13(16)7-10-5-3-2-4-6-10/h8-10H,2-7H2,1H3,(H,17,18). The summed E-state index contributed by atoms with van der Waals surface area (Å²) < 4.78 is 1.50. The maximum absolute atomic E-state index is 12.1. The Morgan fingerprint density at radius 1 is 1.33 bits per heavy atom. The van der Waals surface area contributed by atoms with Gasteiger partial charge in [0.1, 0.15) is 5.69 Å². The number of carbonyl (C=O) groups excluding carboxylic acids is 1. The number of aromatic carboxylic acids is 1. The summed E-state index contributed by atoms with van der Waals surface area (Å²) in [4.78, 5) is 23.0. The number of hydrogen-bond donors (Lipinski definition) is 1. The molecule has 0 atom stereocenters. The molecular formula is C14H19NO3. The van der Waals surface area contributed by atoms with Crippen molar-refractivity contribution in [2.45, 2.75) is 38.5 Å². The minimum absolute atomic E-state index is 0.0741. The van der Waals surface area contributed by atoms with E-state index in [9.17, 15) is 9.59 Å². The molecule has 0 saturated heterocycles. The maximum Gasteiger partial charge on any atom is 0.352 e. The van der Waals surface area contributed by atoms with Gasteiger partial charge in [-0.1, -0.05) is 32.1 Å². The Morgan fingerprint density at radius 3 is 2.56 bits per heavy atom. The van der Waals surface area contributed by atoms with Crippen LogP contribution < -0.4 is 0 Å². The molecule has 0 spiro atoms. The largest absolute Gasteiger partial charge is 0.477 e. The molecule has 1 saturated carbocycles. The van der Waals surface area contributed by atoms with Crippen LogP contribution in [0.2, 0.25) is 0 Å². The van der Waals surface area contributed by atoms with Crippen LogP contribution in [0.5, 0.6) is 0 Å². The van der Waals surface area contributed by atoms with Crippen molar-refractivity contribution in [1.82, 2.24) is 4.57 Å². The van der Waals surface area contributed by atoms with E-state index in [4.69, 9.17) is 5.11 Å². The molecule has 0 aromatic carbocycles. The Labute approximate surface area is 107 Å². The molecule has 0 aliphatic heterocycles. The van der Waals surface area contributed by atoms with E-state index in [1.807, 2.05) is 0 Å². The van der Waals surface area contributed by atoms with Gasteiger partial charge in [-0.3, -0.25) is 4.79 Å². The van der Waals surface area contributed by atoms with Crippen molar-refractivity contribution in [1.29, 1.82) is 0 Å². The van der Waals surface area contributed by atoms with Crippen molar-refractivity contribution < 1.29 is 14.7 Å². The van der Waals surface area contributed by atoms with Gasteiger partial charge in [0.15, 0.2) is 5.78 Å². The number of Topliss-reactive ketones (excluding diaryl/α,β-unsaturated/α-hetero) is 1. The lowest BCUT2D eigenvalue weighted by molar-refractivity contribution is 0.0686. The van der Waals surface area contributed by atoms with Crippen LogP contribution in [-0.4, -0.2) is 21.4 Å². The molecule has 0 bridgehead atoms. The lowest BCUT2D eigenvalue weighted by Gasteiger charge is -2.20. The van der Waals surface area contributed by atoms with E-state index in [1.165, 1.54) is 29.9 Å². The molecule has 1 aliphatic carbocycles. The van der Waals surface area contributed by atoms with E-state index in [0.29, 0.717) is 17.9 Å². The van der Waals surface area contributed by atoms with Crippen molar-refractivity contribution in [2.24, 2.45) is 13.0 Å². The van der Waals surface area contributed by atoms with E-state index >= 15 is 0 Å². The van der Waals surface area contributed by atoms with Gasteiger partial charge in [-0.15, -0.1) is 0 Å². The molecule has 0 unspecified atom stereocenters. The Kier molecular flexibility index (Phi) is 3.84. The third-order valence-corrected chi connectivity index (χ3v) is 3.74. The lowest BCUT2D eigenvalue weighted by Crippen LogP contribution is -2.11. The summed E-state index contributed by atoms with van der Waals surface area (Å²) in [5, 5.41) is 8.95. The summed E-state index contributed by atoms with van der Waals surface area (Å²) in [6.45, 7) is 0. The number of carbonyl (C=O) groups is 2. The van der Waals surface area contributed by atoms with Crippen LogP contribution in [0, 0.1) is 5.92 Å². The fourth-order valence-electron chi connectivity index (χ4n) is 2.70. The number of rotatable bonds is 4. The third kappa shape index (κ3) is 2.81. The molecule has 0 amide bonds. The van der Waals surface area contributed by atoms with Gasteiger partial charge >= 0.3 is 5.97 Å². The summed E-state index contributed by atoms with van der Waals surface area (Å²) in [6, 6.07) is 1.48. The smallest absolute Gasteiger partial charge is 0.352 e. The SMILES string of the molecule is Cn1cc(C(=O)CC2CCCCC2)cc1C(=O)O. The second-order valence-electron chi connectivity index (χ2n) is 5.16. The Hall–Kier alpha value is -1.58.